The first-order chi connectivity index (χ1) is 8.87. The van der Waals surface area contributed by atoms with Crippen LogP contribution in [0, 0.1) is 11.2 Å². The predicted octanol–water partition coefficient (Wildman–Crippen LogP) is 1.46. The molecule has 0 saturated carbocycles. The molecule has 1 aliphatic rings. The number of benzene rings is 1. The fraction of sp³-hybridized carbons (Fsp3) is 0.500. The summed E-state index contributed by atoms with van der Waals surface area (Å²) in [6.45, 7) is 3.71. The number of rotatable bonds is 3. The molecule has 104 valence electrons. The van der Waals surface area contributed by atoms with Gasteiger partial charge in [-0.1, -0.05) is 12.1 Å². The number of aliphatic hydroxyl groups is 1. The van der Waals surface area contributed by atoms with Crippen molar-refractivity contribution in [2.75, 3.05) is 13.1 Å². The number of nitrogens with two attached hydrogens (primary N) is 1. The van der Waals surface area contributed by atoms with Gasteiger partial charge in [-0.15, -0.1) is 0 Å². The molecule has 4 N–H and O–H groups in total. The van der Waals surface area contributed by atoms with Gasteiger partial charge in [0.1, 0.15) is 11.7 Å². The molecule has 1 fully saturated rings. The molecule has 1 heterocycles. The lowest BCUT2D eigenvalue weighted by atomic mass is 9.95. The van der Waals surface area contributed by atoms with E-state index in [4.69, 9.17) is 11.1 Å². The lowest BCUT2D eigenvalue weighted by Gasteiger charge is -2.36. The number of amidine groups is 1. The summed E-state index contributed by atoms with van der Waals surface area (Å²) in [7, 11) is 0. The second-order valence-electron chi connectivity index (χ2n) is 5.53. The lowest BCUT2D eigenvalue weighted by Crippen LogP contribution is -2.45. The number of β-amino-alcohol motifs (C(OH)–C–C–N with tert-alkyl or cyclic N) is 1. The van der Waals surface area contributed by atoms with Crippen LogP contribution < -0.4 is 5.73 Å². The highest BCUT2D eigenvalue weighted by Crippen LogP contribution is 2.22. The van der Waals surface area contributed by atoms with E-state index in [0.29, 0.717) is 24.2 Å². The smallest absolute Gasteiger partial charge is 0.128 e. The minimum atomic E-state index is -0.686. The molecule has 1 aromatic rings. The average molecular weight is 265 g/mol. The van der Waals surface area contributed by atoms with E-state index < -0.39 is 5.60 Å². The van der Waals surface area contributed by atoms with Gasteiger partial charge in [0.15, 0.2) is 0 Å². The van der Waals surface area contributed by atoms with Crippen LogP contribution in [0.3, 0.4) is 0 Å². The van der Waals surface area contributed by atoms with Gasteiger partial charge in [-0.3, -0.25) is 10.3 Å². The molecule has 1 atom stereocenters. The SMILES string of the molecule is CC1(O)CCCN(Cc2ccc(C(=N)N)cc2F)C1. The molecule has 0 bridgehead atoms. The van der Waals surface area contributed by atoms with Crippen LogP contribution in [0.5, 0.6) is 0 Å². The first kappa shape index (κ1) is 14.0. The van der Waals surface area contributed by atoms with Crippen LogP contribution in [0.15, 0.2) is 18.2 Å². The number of piperidine rings is 1. The van der Waals surface area contributed by atoms with Crippen molar-refractivity contribution in [1.29, 1.82) is 5.41 Å². The Morgan fingerprint density at radius 3 is 2.89 bits per heavy atom. The first-order valence-electron chi connectivity index (χ1n) is 6.45. The van der Waals surface area contributed by atoms with Gasteiger partial charge in [0.05, 0.1) is 5.60 Å². The fourth-order valence-electron chi connectivity index (χ4n) is 2.54. The normalized spacial score (nSPS) is 24.4. The van der Waals surface area contributed by atoms with Crippen molar-refractivity contribution in [2.24, 2.45) is 5.73 Å². The molecule has 5 heteroatoms. The number of halogens is 1. The second-order valence-corrected chi connectivity index (χ2v) is 5.53. The zero-order chi connectivity index (χ0) is 14.0. The molecule has 0 amide bonds. The van der Waals surface area contributed by atoms with Gasteiger partial charge in [-0.05, 0) is 32.4 Å². The fourth-order valence-corrected chi connectivity index (χ4v) is 2.54. The van der Waals surface area contributed by atoms with Crippen molar-refractivity contribution in [3.63, 3.8) is 0 Å². The molecule has 1 aliphatic heterocycles. The van der Waals surface area contributed by atoms with Gasteiger partial charge in [0.25, 0.3) is 0 Å². The maximum atomic E-state index is 13.9. The highest BCUT2D eigenvalue weighted by molar-refractivity contribution is 5.94. The van der Waals surface area contributed by atoms with Crippen molar-refractivity contribution in [3.8, 4) is 0 Å². The molecular weight excluding hydrogens is 245 g/mol. The molecule has 1 aromatic carbocycles. The Balaban J connectivity index is 2.09. The molecule has 2 rings (SSSR count). The monoisotopic (exact) mass is 265 g/mol. The van der Waals surface area contributed by atoms with Crippen LogP contribution >= 0.6 is 0 Å². The Morgan fingerprint density at radius 2 is 2.32 bits per heavy atom. The number of likely N-dealkylation sites (tertiary alicyclic amines) is 1. The highest BCUT2D eigenvalue weighted by Gasteiger charge is 2.28. The van der Waals surface area contributed by atoms with Gasteiger partial charge < -0.3 is 10.8 Å². The third-order valence-corrected chi connectivity index (χ3v) is 3.51. The Kier molecular flexibility index (Phi) is 3.87. The maximum absolute atomic E-state index is 13.9. The third kappa shape index (κ3) is 3.52. The van der Waals surface area contributed by atoms with E-state index in [0.717, 1.165) is 19.4 Å². The summed E-state index contributed by atoms with van der Waals surface area (Å²) in [6.07, 6.45) is 1.70. The summed E-state index contributed by atoms with van der Waals surface area (Å²) in [5.74, 6) is -0.482. The third-order valence-electron chi connectivity index (χ3n) is 3.51. The van der Waals surface area contributed by atoms with E-state index in [1.54, 1.807) is 12.1 Å². The zero-order valence-corrected chi connectivity index (χ0v) is 11.1. The molecule has 0 aromatic heterocycles. The van der Waals surface area contributed by atoms with Crippen LogP contribution in [0.25, 0.3) is 0 Å². The molecular formula is C14H20FN3O. The van der Waals surface area contributed by atoms with Crippen molar-refractivity contribution in [3.05, 3.63) is 35.1 Å². The number of hydrogen-bond acceptors (Lipinski definition) is 3. The van der Waals surface area contributed by atoms with Crippen molar-refractivity contribution in [2.45, 2.75) is 31.9 Å². The van der Waals surface area contributed by atoms with Crippen LogP contribution in [-0.4, -0.2) is 34.5 Å². The van der Waals surface area contributed by atoms with E-state index in [1.807, 2.05) is 6.92 Å². The summed E-state index contributed by atoms with van der Waals surface area (Å²) >= 11 is 0. The van der Waals surface area contributed by atoms with E-state index in [9.17, 15) is 9.50 Å². The van der Waals surface area contributed by atoms with E-state index in [2.05, 4.69) is 4.90 Å². The van der Waals surface area contributed by atoms with Gasteiger partial charge in [0, 0.05) is 24.2 Å². The number of nitrogens with zero attached hydrogens (tertiary/aromatic N) is 1. The highest BCUT2D eigenvalue weighted by atomic mass is 19.1. The lowest BCUT2D eigenvalue weighted by molar-refractivity contribution is -0.0184. The summed E-state index contributed by atoms with van der Waals surface area (Å²) in [6, 6.07) is 4.61. The molecule has 4 nitrogen and oxygen atoms in total. The summed E-state index contributed by atoms with van der Waals surface area (Å²) in [5.41, 5.74) is 5.61. The Hall–Kier alpha value is -1.46. The number of nitrogen functional groups attached to an aromatic ring is 1. The van der Waals surface area contributed by atoms with Crippen LogP contribution in [0.4, 0.5) is 4.39 Å². The maximum Gasteiger partial charge on any atom is 0.128 e. The summed E-state index contributed by atoms with van der Waals surface area (Å²) in [4.78, 5) is 2.05. The molecule has 0 spiro atoms. The molecule has 0 aliphatic carbocycles. The predicted molar refractivity (Wildman–Crippen MR) is 72.6 cm³/mol. The van der Waals surface area contributed by atoms with Crippen LogP contribution in [0.1, 0.15) is 30.9 Å². The van der Waals surface area contributed by atoms with Gasteiger partial charge >= 0.3 is 0 Å². The quantitative estimate of drug-likeness (QED) is 0.572. The van der Waals surface area contributed by atoms with Crippen molar-refractivity contribution in [1.82, 2.24) is 4.90 Å². The van der Waals surface area contributed by atoms with Crippen LogP contribution in [-0.2, 0) is 6.54 Å². The zero-order valence-electron chi connectivity index (χ0n) is 11.1. The van der Waals surface area contributed by atoms with Gasteiger partial charge in [-0.2, -0.15) is 0 Å². The Morgan fingerprint density at radius 1 is 1.58 bits per heavy atom. The topological polar surface area (TPSA) is 73.3 Å². The van der Waals surface area contributed by atoms with E-state index in [-0.39, 0.29) is 11.7 Å². The largest absolute Gasteiger partial charge is 0.389 e. The van der Waals surface area contributed by atoms with E-state index >= 15 is 0 Å². The Bertz CT molecular complexity index is 488. The van der Waals surface area contributed by atoms with Crippen molar-refractivity contribution >= 4 is 5.84 Å². The van der Waals surface area contributed by atoms with Gasteiger partial charge in [-0.25, -0.2) is 4.39 Å². The Labute approximate surface area is 112 Å². The summed E-state index contributed by atoms with van der Waals surface area (Å²) in [5, 5.41) is 17.3. The van der Waals surface area contributed by atoms with Crippen molar-refractivity contribution < 1.29 is 9.50 Å². The molecule has 19 heavy (non-hydrogen) atoms. The van der Waals surface area contributed by atoms with Crippen LogP contribution in [0.2, 0.25) is 0 Å². The average Bonchev–Trinajstić information content (AvgIpc) is 2.30. The standard InChI is InChI=1S/C14H20FN3O/c1-14(19)5-2-6-18(9-14)8-11-4-3-10(13(16)17)7-12(11)15/h3-4,7,19H,2,5-6,8-9H2,1H3,(H3,16,17). The number of nitrogens with one attached hydrogen (secondary N) is 1. The molecule has 0 radical (unpaired) electrons. The minimum Gasteiger partial charge on any atom is -0.389 e. The number of hydrogen-bond donors (Lipinski definition) is 3. The van der Waals surface area contributed by atoms with Gasteiger partial charge in [0.2, 0.25) is 0 Å². The second kappa shape index (κ2) is 5.27. The first-order valence-corrected chi connectivity index (χ1v) is 6.45. The molecule has 1 unspecified atom stereocenters. The minimum absolute atomic E-state index is 0.133. The van der Waals surface area contributed by atoms with E-state index in [1.165, 1.54) is 6.07 Å². The summed E-state index contributed by atoms with van der Waals surface area (Å²) < 4.78 is 13.9. The molecule has 1 saturated heterocycles.